The van der Waals surface area contributed by atoms with Gasteiger partial charge in [0.25, 0.3) is 0 Å². The zero-order chi connectivity index (χ0) is 21.9. The molecule has 0 saturated carbocycles. The Morgan fingerprint density at radius 2 is 1.77 bits per heavy atom. The van der Waals surface area contributed by atoms with Gasteiger partial charge < -0.3 is 10.2 Å². The number of aryl methyl sites for hydroxylation is 1. The second-order valence-electron chi connectivity index (χ2n) is 7.35. The lowest BCUT2D eigenvalue weighted by Gasteiger charge is -2.29. The van der Waals surface area contributed by atoms with E-state index in [0.717, 1.165) is 12.8 Å². The van der Waals surface area contributed by atoms with E-state index in [0.29, 0.717) is 17.9 Å². The maximum Gasteiger partial charge on any atom is 0.242 e. The molecule has 0 aliphatic heterocycles. The molecule has 0 saturated heterocycles. The van der Waals surface area contributed by atoms with Gasteiger partial charge in [-0.25, -0.2) is 4.39 Å². The Morgan fingerprint density at radius 3 is 2.43 bits per heavy atom. The number of amides is 2. The number of nitrogens with one attached hydrogen (secondary N) is 1. The van der Waals surface area contributed by atoms with Crippen LogP contribution in [0.4, 0.5) is 4.39 Å². The average molecular weight is 431 g/mol. The van der Waals surface area contributed by atoms with Crippen LogP contribution in [0, 0.1) is 12.7 Å². The fourth-order valence-corrected chi connectivity index (χ4v) is 4.02. The molecule has 4 nitrogen and oxygen atoms in total. The quantitative estimate of drug-likeness (QED) is 0.526. The second kappa shape index (κ2) is 12.4. The summed E-state index contributed by atoms with van der Waals surface area (Å²) in [6, 6.07) is 13.8. The fraction of sp³-hybridized carbons (Fsp3) is 0.417. The van der Waals surface area contributed by atoms with Gasteiger partial charge in [-0.05, 0) is 37.5 Å². The first-order chi connectivity index (χ1) is 14.4. The molecule has 0 bridgehead atoms. The first-order valence-electron chi connectivity index (χ1n) is 10.4. The first kappa shape index (κ1) is 23.9. The third kappa shape index (κ3) is 7.17. The van der Waals surface area contributed by atoms with E-state index in [2.05, 4.69) is 12.2 Å². The van der Waals surface area contributed by atoms with Crippen LogP contribution >= 0.6 is 11.8 Å². The molecule has 0 heterocycles. The maximum atomic E-state index is 14.2. The van der Waals surface area contributed by atoms with Crippen LogP contribution in [0.2, 0.25) is 0 Å². The molecule has 1 N–H and O–H groups in total. The number of halogens is 1. The zero-order valence-corrected chi connectivity index (χ0v) is 18.8. The lowest BCUT2D eigenvalue weighted by Crippen LogP contribution is -2.48. The molecular formula is C24H31FN2O2S. The van der Waals surface area contributed by atoms with E-state index in [-0.39, 0.29) is 29.9 Å². The Balaban J connectivity index is 2.07. The molecule has 0 fully saturated rings. The largest absolute Gasteiger partial charge is 0.354 e. The van der Waals surface area contributed by atoms with Crippen molar-refractivity contribution >= 4 is 23.6 Å². The summed E-state index contributed by atoms with van der Waals surface area (Å²) in [5.41, 5.74) is 2.77. The SMILES string of the molecule is CCCCNC(=O)[C@@H](C)N(Cc1ccccc1F)C(=O)CSCc1ccccc1C. The van der Waals surface area contributed by atoms with Gasteiger partial charge in [-0.2, -0.15) is 0 Å². The number of hydrogen-bond acceptors (Lipinski definition) is 3. The standard InChI is InChI=1S/C24H31FN2O2S/c1-4-5-14-26-24(29)19(3)27(15-20-11-8-9-13-22(20)25)23(28)17-30-16-21-12-7-6-10-18(21)2/h6-13,19H,4-5,14-17H2,1-3H3,(H,26,29)/t19-/m1/s1. The van der Waals surface area contributed by atoms with Crippen molar-refractivity contribution in [3.05, 3.63) is 71.0 Å². The van der Waals surface area contributed by atoms with Gasteiger partial charge in [0.05, 0.1) is 5.75 Å². The number of unbranched alkanes of at least 4 members (excludes halogenated alkanes) is 1. The van der Waals surface area contributed by atoms with Gasteiger partial charge >= 0.3 is 0 Å². The van der Waals surface area contributed by atoms with Crippen LogP contribution in [-0.2, 0) is 21.9 Å². The zero-order valence-electron chi connectivity index (χ0n) is 18.0. The molecule has 0 unspecified atom stereocenters. The van der Waals surface area contributed by atoms with E-state index in [1.165, 1.54) is 33.9 Å². The lowest BCUT2D eigenvalue weighted by atomic mass is 10.1. The van der Waals surface area contributed by atoms with Crippen molar-refractivity contribution in [2.75, 3.05) is 12.3 Å². The molecule has 0 aliphatic carbocycles. The summed E-state index contributed by atoms with van der Waals surface area (Å²) in [6.07, 6.45) is 1.86. The van der Waals surface area contributed by atoms with Crippen LogP contribution in [0.3, 0.4) is 0 Å². The number of thioether (sulfide) groups is 1. The predicted octanol–water partition coefficient (Wildman–Crippen LogP) is 4.70. The molecule has 0 aliphatic rings. The van der Waals surface area contributed by atoms with E-state index >= 15 is 0 Å². The molecule has 2 aromatic rings. The van der Waals surface area contributed by atoms with Gasteiger partial charge in [-0.15, -0.1) is 11.8 Å². The van der Waals surface area contributed by atoms with Crippen molar-refractivity contribution in [2.45, 2.75) is 52.0 Å². The highest BCUT2D eigenvalue weighted by atomic mass is 32.2. The van der Waals surface area contributed by atoms with Gasteiger partial charge in [0.15, 0.2) is 0 Å². The molecule has 2 rings (SSSR count). The van der Waals surface area contributed by atoms with E-state index in [9.17, 15) is 14.0 Å². The van der Waals surface area contributed by atoms with Gasteiger partial charge in [-0.3, -0.25) is 9.59 Å². The topological polar surface area (TPSA) is 49.4 Å². The number of nitrogens with zero attached hydrogens (tertiary/aromatic N) is 1. The number of hydrogen-bond donors (Lipinski definition) is 1. The third-order valence-electron chi connectivity index (χ3n) is 5.04. The highest BCUT2D eigenvalue weighted by molar-refractivity contribution is 7.99. The summed E-state index contributed by atoms with van der Waals surface area (Å²) in [4.78, 5) is 27.1. The van der Waals surface area contributed by atoms with E-state index in [1.54, 1.807) is 25.1 Å². The number of carbonyl (C=O) groups is 2. The summed E-state index contributed by atoms with van der Waals surface area (Å²) in [7, 11) is 0. The molecule has 0 aromatic heterocycles. The van der Waals surface area contributed by atoms with E-state index in [1.807, 2.05) is 31.2 Å². The van der Waals surface area contributed by atoms with Crippen molar-refractivity contribution < 1.29 is 14.0 Å². The van der Waals surface area contributed by atoms with Gasteiger partial charge in [0, 0.05) is 24.4 Å². The second-order valence-corrected chi connectivity index (χ2v) is 8.34. The summed E-state index contributed by atoms with van der Waals surface area (Å²) in [5.74, 6) is 0.187. The number of benzene rings is 2. The molecule has 2 aromatic carbocycles. The molecule has 0 radical (unpaired) electrons. The first-order valence-corrected chi connectivity index (χ1v) is 11.5. The van der Waals surface area contributed by atoms with Crippen LogP contribution in [-0.4, -0.2) is 35.1 Å². The Kier molecular flexibility index (Phi) is 9.87. The normalized spacial score (nSPS) is 11.7. The van der Waals surface area contributed by atoms with Gasteiger partial charge in [-0.1, -0.05) is 55.8 Å². The highest BCUT2D eigenvalue weighted by Gasteiger charge is 2.26. The Morgan fingerprint density at radius 1 is 1.10 bits per heavy atom. The molecule has 30 heavy (non-hydrogen) atoms. The minimum atomic E-state index is -0.673. The lowest BCUT2D eigenvalue weighted by molar-refractivity contribution is -0.138. The Labute approximate surface area is 183 Å². The molecular weight excluding hydrogens is 399 g/mol. The smallest absolute Gasteiger partial charge is 0.242 e. The average Bonchev–Trinajstić information content (AvgIpc) is 2.74. The van der Waals surface area contributed by atoms with Crippen molar-refractivity contribution in [1.29, 1.82) is 0 Å². The van der Waals surface area contributed by atoms with E-state index < -0.39 is 6.04 Å². The van der Waals surface area contributed by atoms with Gasteiger partial charge in [0.1, 0.15) is 11.9 Å². The van der Waals surface area contributed by atoms with Crippen molar-refractivity contribution in [2.24, 2.45) is 0 Å². The molecule has 0 spiro atoms. The molecule has 1 atom stereocenters. The monoisotopic (exact) mass is 430 g/mol. The highest BCUT2D eigenvalue weighted by Crippen LogP contribution is 2.19. The molecule has 2 amide bonds. The van der Waals surface area contributed by atoms with Gasteiger partial charge in [0.2, 0.25) is 11.8 Å². The summed E-state index contributed by atoms with van der Waals surface area (Å²) in [5, 5.41) is 2.88. The molecule has 6 heteroatoms. The van der Waals surface area contributed by atoms with E-state index in [4.69, 9.17) is 0 Å². The van der Waals surface area contributed by atoms with Crippen LogP contribution in [0.15, 0.2) is 48.5 Å². The summed E-state index contributed by atoms with van der Waals surface area (Å²) >= 11 is 1.51. The minimum Gasteiger partial charge on any atom is -0.354 e. The third-order valence-corrected chi connectivity index (χ3v) is 6.01. The van der Waals surface area contributed by atoms with Crippen molar-refractivity contribution in [1.82, 2.24) is 10.2 Å². The van der Waals surface area contributed by atoms with Crippen LogP contribution in [0.25, 0.3) is 0 Å². The van der Waals surface area contributed by atoms with Crippen molar-refractivity contribution in [3.8, 4) is 0 Å². The fourth-order valence-electron chi connectivity index (χ4n) is 3.03. The maximum absolute atomic E-state index is 14.2. The summed E-state index contributed by atoms with van der Waals surface area (Å²) < 4.78 is 14.2. The Bertz CT molecular complexity index is 843. The number of carbonyl (C=O) groups excluding carboxylic acids is 2. The Hall–Kier alpha value is -2.34. The van der Waals surface area contributed by atoms with Crippen LogP contribution in [0.5, 0.6) is 0 Å². The number of rotatable bonds is 11. The van der Waals surface area contributed by atoms with Crippen LogP contribution < -0.4 is 5.32 Å². The van der Waals surface area contributed by atoms with Crippen molar-refractivity contribution in [3.63, 3.8) is 0 Å². The minimum absolute atomic E-state index is 0.0682. The predicted molar refractivity (Wildman–Crippen MR) is 122 cm³/mol. The summed E-state index contributed by atoms with van der Waals surface area (Å²) in [6.45, 7) is 6.44. The molecule has 162 valence electrons. The van der Waals surface area contributed by atoms with Crippen LogP contribution in [0.1, 0.15) is 43.4 Å².